The quantitative estimate of drug-likeness (QED) is 0.0296. The Balaban J connectivity index is 0.000000172. The van der Waals surface area contributed by atoms with Gasteiger partial charge in [-0.1, -0.05) is 12.1 Å². The summed E-state index contributed by atoms with van der Waals surface area (Å²) in [6.07, 6.45) is 13.2. The number of phenolic OH excluding ortho intramolecular Hbond substituents is 2. The lowest BCUT2D eigenvalue weighted by atomic mass is 10.1. The third-order valence-corrected chi connectivity index (χ3v) is 16.5. The first-order chi connectivity index (χ1) is 63.8. The number of para-hydroxylation sites is 1. The number of nitrogens with zero attached hydrogens (tertiary/aromatic N) is 31. The second-order valence-electron chi connectivity index (χ2n) is 27.7. The number of hydrogen-bond donors (Lipinski definition) is 26. The van der Waals surface area contributed by atoms with E-state index in [1.165, 1.54) is 6.07 Å². The van der Waals surface area contributed by atoms with E-state index >= 15 is 0 Å². The van der Waals surface area contributed by atoms with Crippen molar-refractivity contribution in [1.29, 1.82) is 0 Å². The van der Waals surface area contributed by atoms with E-state index in [1.54, 1.807) is 96.7 Å². The van der Waals surface area contributed by atoms with E-state index in [0.717, 1.165) is 40.7 Å². The molecule has 133 heavy (non-hydrogen) atoms. The molecule has 0 aliphatic carbocycles. The third-order valence-electron chi connectivity index (χ3n) is 16.5. The highest BCUT2D eigenvalue weighted by atomic mass is 16.3. The van der Waals surface area contributed by atoms with E-state index in [2.05, 4.69) is 208 Å². The Labute approximate surface area is 761 Å². The van der Waals surface area contributed by atoms with E-state index in [4.69, 9.17) is 40.1 Å². The Kier molecular flexibility index (Phi) is 35.7. The molecule has 0 unspecified atom stereocenters. The minimum Gasteiger partial charge on any atom is -0.504 e. The first-order valence-corrected chi connectivity index (χ1v) is 39.7. The van der Waals surface area contributed by atoms with Gasteiger partial charge in [-0.05, 0) is 103 Å². The number of aromatic nitrogens is 31. The molecule has 0 aliphatic rings. The Morgan fingerprint density at radius 2 is 0.504 bits per heavy atom. The topological polar surface area (TPSA) is 785 Å². The summed E-state index contributed by atoms with van der Waals surface area (Å²) in [6, 6.07) is 31.2. The first kappa shape index (κ1) is 97.9. The highest BCUT2D eigenvalue weighted by Crippen LogP contribution is 2.29. The molecule has 0 bridgehead atoms. The van der Waals surface area contributed by atoms with Crippen LogP contribution in [0.5, 0.6) is 11.5 Å². The highest BCUT2D eigenvalue weighted by molar-refractivity contribution is 5.60. The zero-order chi connectivity index (χ0) is 96.0. The Bertz CT molecular complexity index is 5930. The van der Waals surface area contributed by atoms with Crippen molar-refractivity contribution >= 4 is 183 Å². The van der Waals surface area contributed by atoms with Crippen molar-refractivity contribution in [2.24, 2.45) is 0 Å². The second kappa shape index (κ2) is 48.5. The fraction of sp³-hybridized carbons (Fsp3) is 0.237. The first-order valence-electron chi connectivity index (χ1n) is 39.7. The van der Waals surface area contributed by atoms with Crippen molar-refractivity contribution in [1.82, 2.24) is 155 Å². The van der Waals surface area contributed by atoms with Crippen LogP contribution in [0.3, 0.4) is 0 Å². The maximum atomic E-state index is 9.80. The van der Waals surface area contributed by atoms with Crippen LogP contribution in [-0.4, -0.2) is 284 Å². The van der Waals surface area contributed by atoms with Crippen LogP contribution in [0.15, 0.2) is 147 Å². The number of nitrogens with one attached hydrogen (secondary N) is 17. The van der Waals surface area contributed by atoms with Crippen LogP contribution in [0.4, 0.5) is 183 Å². The van der Waals surface area contributed by atoms with Gasteiger partial charge in [-0.2, -0.15) is 120 Å². The molecule has 0 spiro atoms. The molecule has 57 heteroatoms. The second-order valence-corrected chi connectivity index (χ2v) is 27.7. The number of nitrogens with two attached hydrogens (primary N) is 7. The Morgan fingerprint density at radius 1 is 0.256 bits per heavy atom. The summed E-state index contributed by atoms with van der Waals surface area (Å²) in [5.74, 6) is 14.7. The van der Waals surface area contributed by atoms with Gasteiger partial charge < -0.3 is 163 Å². The molecule has 0 amide bonds. The number of hydrogen-bond acceptors (Lipinski definition) is 50. The predicted octanol–water partition coefficient (Wildman–Crippen LogP) is 5.16. The summed E-state index contributed by atoms with van der Waals surface area (Å²) in [4.78, 5) is 131. The number of H-pyrrole nitrogens is 7. The Hall–Kier alpha value is -18.9. The van der Waals surface area contributed by atoms with Crippen LogP contribution in [0.2, 0.25) is 0 Å². The predicted molar refractivity (Wildman–Crippen MR) is 519 cm³/mol. The summed E-state index contributed by atoms with van der Waals surface area (Å²) in [7, 11) is 29.3. The van der Waals surface area contributed by atoms with Gasteiger partial charge in [0, 0.05) is 163 Å². The molecule has 700 valence electrons. The molecule has 16 aromatic rings. The van der Waals surface area contributed by atoms with E-state index in [1.807, 2.05) is 191 Å². The van der Waals surface area contributed by atoms with E-state index in [-0.39, 0.29) is 53.1 Å². The van der Waals surface area contributed by atoms with Crippen LogP contribution < -0.4 is 128 Å². The maximum absolute atomic E-state index is 9.80. The van der Waals surface area contributed by atoms with E-state index in [9.17, 15) is 10.2 Å². The number of phenols is 2. The minimum atomic E-state index is -0.118. The van der Waals surface area contributed by atoms with Gasteiger partial charge in [0.05, 0.1) is 0 Å². The van der Waals surface area contributed by atoms with Crippen LogP contribution >= 0.6 is 0 Å². The molecule has 0 atom stereocenters. The molecule has 16 rings (SSSR count). The summed E-state index contributed by atoms with van der Waals surface area (Å²) in [5, 5.41) is 48.8. The average molecular weight is 1830 g/mol. The lowest BCUT2D eigenvalue weighted by Gasteiger charge is -2.16. The number of anilines is 31. The van der Waals surface area contributed by atoms with Gasteiger partial charge in [-0.15, -0.1) is 0 Å². The van der Waals surface area contributed by atoms with Crippen molar-refractivity contribution in [3.8, 4) is 11.5 Å². The number of aromatic amines is 7. The van der Waals surface area contributed by atoms with Gasteiger partial charge >= 0.3 is 0 Å². The van der Waals surface area contributed by atoms with Crippen molar-refractivity contribution < 1.29 is 10.2 Å². The molecule has 0 saturated carbocycles. The molecule has 15 aromatic heterocycles. The lowest BCUT2D eigenvalue weighted by Crippen LogP contribution is -2.20. The summed E-state index contributed by atoms with van der Waals surface area (Å²) in [6.45, 7) is 0.515. The molecular formula is C76H109N55O2. The largest absolute Gasteiger partial charge is 0.504 e. The van der Waals surface area contributed by atoms with Crippen LogP contribution in [-0.2, 0) is 6.42 Å². The van der Waals surface area contributed by atoms with Crippen molar-refractivity contribution in [3.05, 3.63) is 152 Å². The zero-order valence-corrected chi connectivity index (χ0v) is 75.6. The SMILES string of the molecule is CN(C)c1nc(N)nc(Nc2ccc[nH]2)n1.CN(C)c1nc(NCCc2cccc(O)c2O)nc(N(C)C)n1.CN(C)c1nc(Nc2ccc[nH]2)nc(N(C)C)n1.CN(c1nc(N)nc(N)n1)c1ccc[nH]1.CNc1nc(N)nc(N(C)c2ccc[nH]2)n1.CNc1nc(N)nc(Nc2ccc[nH]2)n1.CNc1nc(NC)nc(Nc2ccc[nH]2)n1.Nc1nc(N)nc(Nc2ccc[nH]2)n1. The summed E-state index contributed by atoms with van der Waals surface area (Å²) >= 11 is 0. The fourth-order valence-electron chi connectivity index (χ4n) is 10.2. The normalized spacial score (nSPS) is 10.1. The third kappa shape index (κ3) is 31.6. The zero-order valence-electron chi connectivity index (χ0n) is 75.6. The number of nitrogen functional groups attached to an aromatic ring is 7. The summed E-state index contributed by atoms with van der Waals surface area (Å²) in [5.41, 5.74) is 39.1. The molecular weight excluding hydrogens is 1720 g/mol. The summed E-state index contributed by atoms with van der Waals surface area (Å²) < 4.78 is 0. The average Bonchev–Trinajstić information content (AvgIpc) is 1.13. The molecule has 0 fully saturated rings. The minimum absolute atomic E-state index is 0.0894. The maximum Gasteiger partial charge on any atom is 0.237 e. The van der Waals surface area contributed by atoms with Crippen molar-refractivity contribution in [3.63, 3.8) is 0 Å². The molecule has 1 aromatic carbocycles. The molecule has 0 aliphatic heterocycles. The number of rotatable bonds is 27. The van der Waals surface area contributed by atoms with Gasteiger partial charge in [-0.25, -0.2) is 0 Å². The lowest BCUT2D eigenvalue weighted by molar-refractivity contribution is 0.399. The number of aromatic hydroxyl groups is 2. The van der Waals surface area contributed by atoms with Crippen LogP contribution in [0, 0.1) is 0 Å². The smallest absolute Gasteiger partial charge is 0.237 e. The van der Waals surface area contributed by atoms with E-state index in [0.29, 0.717) is 120 Å². The van der Waals surface area contributed by atoms with Crippen LogP contribution in [0.1, 0.15) is 5.56 Å². The van der Waals surface area contributed by atoms with Gasteiger partial charge in [0.25, 0.3) is 0 Å². The Morgan fingerprint density at radius 3 is 0.842 bits per heavy atom. The van der Waals surface area contributed by atoms with Crippen molar-refractivity contribution in [2.45, 2.75) is 6.42 Å². The number of benzene rings is 1. The fourth-order valence-corrected chi connectivity index (χ4v) is 10.2. The monoisotopic (exact) mass is 1820 g/mol. The van der Waals surface area contributed by atoms with Gasteiger partial charge in [-0.3, -0.25) is 9.80 Å². The molecule has 0 saturated heterocycles. The van der Waals surface area contributed by atoms with Gasteiger partial charge in [0.15, 0.2) is 11.5 Å². The van der Waals surface area contributed by atoms with Crippen molar-refractivity contribution in [2.75, 3.05) is 247 Å². The van der Waals surface area contributed by atoms with Crippen LogP contribution in [0.25, 0.3) is 0 Å². The molecule has 0 radical (unpaired) electrons. The van der Waals surface area contributed by atoms with Gasteiger partial charge in [0.1, 0.15) is 40.7 Å². The van der Waals surface area contributed by atoms with Gasteiger partial charge in [0.2, 0.25) is 143 Å². The standard InChI is InChI=1S/C15H22N6O2.C11H17N7.3C9H13N7.2C8H11N7.C7H9N7/c1-20(2)14-17-13(18-15(19-14)21(3)4)16-9-8-10-6-5-7-11(22)12(10)23;1-17(2)10-14-9(13-8-6-5-7-12-8)15-11(16-10)18(3)4;1-16(2)9-14-7(10)13-8(15-9)12-6-4-3-5-11-6;1-11-8-13-7(10)14-9(15-8)16(2)6-4-3-5-12-6;1-10-7-14-8(11-2)16-9(15-7)13-6-4-3-5-12-6;1-15(5-3-2-4-11-5)8-13-6(9)12-7(10)14-8;1-10-7-13-6(9)14-8(15-7)12-5-3-2-4-11-5;8-5-12-6(9)14-7(13-5)11-4-2-1-3-10-4/h5-7,22-23H,8-9H2,1-4H3,(H,16,17,18,19);5-7,12H,1-4H3,(H,13,14,15,16);3-5,11H,1-2H3,(H3,10,12,13,14,15);3-5,12H,1-2H3,(H3,10,11,13,14,15);3-5,12H,1-2H3,(H3,10,11,13,14,15,16);2-4,11H,1H3,(H4,9,10,12,13,14);2-4,11H,1H3,(H4,9,10,12,13,14,15);1-3,10H,(H5,8,9,11,12,13,14). The molecule has 15 heterocycles. The molecule has 57 nitrogen and oxygen atoms in total. The van der Waals surface area contributed by atoms with E-state index < -0.39 is 0 Å². The highest BCUT2D eigenvalue weighted by Gasteiger charge is 2.17. The molecule has 33 N–H and O–H groups in total.